The Labute approximate surface area is 225 Å². The van der Waals surface area contributed by atoms with Gasteiger partial charge in [0.15, 0.2) is 0 Å². The number of carbonyl (C=O) groups excluding carboxylic acids is 1. The van der Waals surface area contributed by atoms with Crippen LogP contribution in [-0.4, -0.2) is 27.7 Å². The molecule has 0 amide bonds. The van der Waals surface area contributed by atoms with Crippen molar-refractivity contribution in [3.05, 3.63) is 103 Å². The molecule has 5 rings (SSSR count). The predicted molar refractivity (Wildman–Crippen MR) is 152 cm³/mol. The number of hydrogen-bond acceptors (Lipinski definition) is 3. The van der Waals surface area contributed by atoms with Crippen molar-refractivity contribution in [3.63, 3.8) is 0 Å². The average Bonchev–Trinajstić information content (AvgIpc) is 3.46. The Hall–Kier alpha value is -2.98. The Morgan fingerprint density at radius 3 is 2.21 bits per heavy atom. The summed E-state index contributed by atoms with van der Waals surface area (Å²) in [7, 11) is -3.94. The van der Waals surface area contributed by atoms with Crippen molar-refractivity contribution < 1.29 is 19.0 Å². The summed E-state index contributed by atoms with van der Waals surface area (Å²) in [6, 6.07) is 26.8. The van der Waals surface area contributed by atoms with Gasteiger partial charge in [0.05, 0.1) is 17.8 Å². The van der Waals surface area contributed by atoms with Crippen LogP contribution < -0.4 is 5.30 Å². The van der Waals surface area contributed by atoms with Crippen LogP contribution in [0.2, 0.25) is 0 Å². The number of allylic oxidation sites excluding steroid dienone is 2. The maximum Gasteiger partial charge on any atom is 0.306 e. The zero-order chi connectivity index (χ0) is 26.4. The fourth-order valence-corrected chi connectivity index (χ4v) is 7.54. The summed E-state index contributed by atoms with van der Waals surface area (Å²) >= 11 is 0. The van der Waals surface area contributed by atoms with Gasteiger partial charge in [0.1, 0.15) is 6.10 Å². The van der Waals surface area contributed by atoms with Crippen LogP contribution in [0.3, 0.4) is 0 Å². The molecule has 0 bridgehead atoms. The van der Waals surface area contributed by atoms with E-state index in [0.717, 1.165) is 42.4 Å². The number of rotatable bonds is 9. The number of carbonyl (C=O) groups is 1. The first-order valence-corrected chi connectivity index (χ1v) is 15.3. The van der Waals surface area contributed by atoms with Crippen LogP contribution in [0.25, 0.3) is 11.1 Å². The van der Waals surface area contributed by atoms with Gasteiger partial charge in [-0.15, -0.1) is 0 Å². The van der Waals surface area contributed by atoms with Gasteiger partial charge >= 0.3 is 5.97 Å². The highest BCUT2D eigenvalue weighted by molar-refractivity contribution is 7.63. The highest BCUT2D eigenvalue weighted by atomic mass is 31.2. The molecule has 6 heteroatoms. The normalized spacial score (nSPS) is 22.7. The molecule has 3 aromatic rings. The summed E-state index contributed by atoms with van der Waals surface area (Å²) < 4.78 is 21.9. The van der Waals surface area contributed by atoms with E-state index in [1.165, 1.54) is 0 Å². The molecular formula is C32H36NO4P. The van der Waals surface area contributed by atoms with E-state index in [4.69, 9.17) is 4.74 Å². The molecule has 0 heterocycles. The first-order valence-electron chi connectivity index (χ1n) is 13.7. The Kier molecular flexibility index (Phi) is 8.58. The van der Waals surface area contributed by atoms with Crippen LogP contribution in [-0.2, 0) is 20.6 Å². The second-order valence-corrected chi connectivity index (χ2v) is 12.5. The monoisotopic (exact) mass is 529 g/mol. The second-order valence-electron chi connectivity index (χ2n) is 10.4. The molecule has 2 aliphatic rings. The van der Waals surface area contributed by atoms with Gasteiger partial charge in [-0.05, 0) is 66.8 Å². The lowest BCUT2D eigenvalue weighted by atomic mass is 9.92. The van der Waals surface area contributed by atoms with E-state index < -0.39 is 13.6 Å². The molecule has 3 aromatic carbocycles. The minimum atomic E-state index is -3.94. The van der Waals surface area contributed by atoms with Crippen LogP contribution in [0, 0.1) is 5.92 Å². The molecule has 4 atom stereocenters. The second kappa shape index (κ2) is 12.3. The van der Waals surface area contributed by atoms with Gasteiger partial charge in [-0.25, -0.2) is 4.67 Å². The highest BCUT2D eigenvalue weighted by Crippen LogP contribution is 2.49. The summed E-state index contributed by atoms with van der Waals surface area (Å²) in [6.07, 6.45) is 9.46. The number of nitrogens with zero attached hydrogens (tertiary/aromatic N) is 1. The van der Waals surface area contributed by atoms with E-state index in [2.05, 4.69) is 36.4 Å². The molecular weight excluding hydrogens is 493 g/mol. The molecule has 0 aliphatic heterocycles. The number of benzene rings is 3. The fraction of sp³-hybridized carbons (Fsp3) is 0.344. The summed E-state index contributed by atoms with van der Waals surface area (Å²) in [5, 5.41) is 0.396. The standard InChI is InChI=1S/C32H36NO4P/c34-32(23-25-11-7-8-12-25)37-31-18-10-9-17-30(31)33(38(35,36)29-15-5-2-6-16-29)24-26-19-21-28(22-20-26)27-13-3-1-4-14-27/h1-7,11,13-16,19-22,25,30-31H,8-10,12,17-18,23-24H2,(H,35,36)/t25-,30-,31-/m1/s1. The summed E-state index contributed by atoms with van der Waals surface area (Å²) in [6.45, 7) is 0.293. The Morgan fingerprint density at radius 1 is 0.868 bits per heavy atom. The van der Waals surface area contributed by atoms with Crippen molar-refractivity contribution in [2.75, 3.05) is 0 Å². The van der Waals surface area contributed by atoms with E-state index in [9.17, 15) is 14.3 Å². The lowest BCUT2D eigenvalue weighted by molar-refractivity contribution is -0.154. The van der Waals surface area contributed by atoms with Crippen molar-refractivity contribution in [2.24, 2.45) is 5.92 Å². The third kappa shape index (κ3) is 6.35. The van der Waals surface area contributed by atoms with Crippen LogP contribution in [0.15, 0.2) is 97.1 Å². The van der Waals surface area contributed by atoms with Crippen LogP contribution in [0.1, 0.15) is 50.5 Å². The Balaban J connectivity index is 1.41. The van der Waals surface area contributed by atoms with Crippen molar-refractivity contribution in [1.82, 2.24) is 4.67 Å². The smallest absolute Gasteiger partial charge is 0.306 e. The summed E-state index contributed by atoms with van der Waals surface area (Å²) in [4.78, 5) is 24.5. The summed E-state index contributed by atoms with van der Waals surface area (Å²) in [5.74, 6) is 0.0233. The Bertz CT molecular complexity index is 1280. The lowest BCUT2D eigenvalue weighted by Gasteiger charge is -2.41. The third-order valence-corrected chi connectivity index (χ3v) is 9.83. The molecule has 38 heavy (non-hydrogen) atoms. The molecule has 0 aromatic heterocycles. The molecule has 0 saturated heterocycles. The Morgan fingerprint density at radius 2 is 1.53 bits per heavy atom. The first kappa shape index (κ1) is 26.6. The van der Waals surface area contributed by atoms with Crippen molar-refractivity contribution in [3.8, 4) is 11.1 Å². The maximum absolute atomic E-state index is 14.1. The SMILES string of the molecule is O=C(C[C@@H]1C=CCC1)O[C@@H]1CCCC[C@H]1N(Cc1ccc(-c2ccccc2)cc1)P(=O)(O)c1ccccc1. The molecule has 0 spiro atoms. The molecule has 1 N–H and O–H groups in total. The molecule has 5 nitrogen and oxygen atoms in total. The highest BCUT2D eigenvalue weighted by Gasteiger charge is 2.42. The maximum atomic E-state index is 14.1. The topological polar surface area (TPSA) is 66.8 Å². The van der Waals surface area contributed by atoms with Gasteiger partial charge in [-0.2, -0.15) is 0 Å². The van der Waals surface area contributed by atoms with Crippen molar-refractivity contribution >= 4 is 18.8 Å². The molecule has 1 fully saturated rings. The van der Waals surface area contributed by atoms with Gasteiger partial charge in [0.2, 0.25) is 0 Å². The lowest BCUT2D eigenvalue weighted by Crippen LogP contribution is -2.46. The third-order valence-electron chi connectivity index (χ3n) is 7.72. The van der Waals surface area contributed by atoms with Crippen LogP contribution >= 0.6 is 7.52 Å². The predicted octanol–water partition coefficient (Wildman–Crippen LogP) is 6.88. The van der Waals surface area contributed by atoms with Gasteiger partial charge in [-0.3, -0.25) is 9.36 Å². The fourth-order valence-electron chi connectivity index (χ4n) is 5.66. The molecule has 0 radical (unpaired) electrons. The average molecular weight is 530 g/mol. The number of ether oxygens (including phenoxy) is 1. The minimum Gasteiger partial charge on any atom is -0.461 e. The van der Waals surface area contributed by atoms with Gasteiger partial charge in [-0.1, -0.05) is 91.4 Å². The van der Waals surface area contributed by atoms with E-state index >= 15 is 0 Å². The van der Waals surface area contributed by atoms with Gasteiger partial charge in [0.25, 0.3) is 7.52 Å². The molecule has 2 aliphatic carbocycles. The summed E-state index contributed by atoms with van der Waals surface area (Å²) in [5.41, 5.74) is 3.17. The van der Waals surface area contributed by atoms with Gasteiger partial charge in [0, 0.05) is 6.54 Å². The van der Waals surface area contributed by atoms with Crippen LogP contribution in [0.4, 0.5) is 0 Å². The number of hydrogen-bond donors (Lipinski definition) is 1. The molecule has 1 unspecified atom stereocenters. The van der Waals surface area contributed by atoms with Gasteiger partial charge < -0.3 is 9.63 Å². The first-order chi connectivity index (χ1) is 18.5. The van der Waals surface area contributed by atoms with E-state index in [1.807, 2.05) is 36.4 Å². The van der Waals surface area contributed by atoms with E-state index in [1.54, 1.807) is 28.9 Å². The van der Waals surface area contributed by atoms with Crippen molar-refractivity contribution in [2.45, 2.75) is 63.6 Å². The number of esters is 1. The van der Waals surface area contributed by atoms with E-state index in [0.29, 0.717) is 31.1 Å². The molecule has 1 saturated carbocycles. The minimum absolute atomic E-state index is 0.210. The quantitative estimate of drug-likeness (QED) is 0.186. The zero-order valence-electron chi connectivity index (χ0n) is 21.7. The molecule has 198 valence electrons. The zero-order valence-corrected chi connectivity index (χ0v) is 22.6. The van der Waals surface area contributed by atoms with E-state index in [-0.39, 0.29) is 17.9 Å². The van der Waals surface area contributed by atoms with Crippen molar-refractivity contribution in [1.29, 1.82) is 0 Å². The largest absolute Gasteiger partial charge is 0.461 e. The van der Waals surface area contributed by atoms with Crippen LogP contribution in [0.5, 0.6) is 0 Å².